The molecule has 0 spiro atoms. The van der Waals surface area contributed by atoms with Gasteiger partial charge in [-0.2, -0.15) is 0 Å². The topological polar surface area (TPSA) is 62.1 Å². The molecule has 0 aliphatic carbocycles. The van der Waals surface area contributed by atoms with E-state index in [1.165, 1.54) is 4.90 Å². The average Bonchev–Trinajstić information content (AvgIpc) is 3.07. The molecule has 0 unspecified atom stereocenters. The van der Waals surface area contributed by atoms with Crippen molar-refractivity contribution in [3.8, 4) is 0 Å². The van der Waals surface area contributed by atoms with Gasteiger partial charge in [-0.3, -0.25) is 4.79 Å². The molecule has 0 saturated carbocycles. The molecule has 0 fully saturated rings. The average molecular weight is 318 g/mol. The minimum absolute atomic E-state index is 0.113. The highest BCUT2D eigenvalue weighted by Gasteiger charge is 2.15. The van der Waals surface area contributed by atoms with Crippen LogP contribution in [0.25, 0.3) is 0 Å². The molecule has 0 atom stereocenters. The molecule has 1 aromatic carbocycles. The lowest BCUT2D eigenvalue weighted by Crippen LogP contribution is -2.36. The van der Waals surface area contributed by atoms with Gasteiger partial charge in [-0.15, -0.1) is 11.3 Å². The summed E-state index contributed by atoms with van der Waals surface area (Å²) in [6.45, 7) is 1.77. The number of amides is 1. The van der Waals surface area contributed by atoms with Gasteiger partial charge in [0.1, 0.15) is 0 Å². The summed E-state index contributed by atoms with van der Waals surface area (Å²) < 4.78 is 0. The molecule has 1 N–H and O–H groups in total. The SMILES string of the molecule is CC(=NOCC(=O)N(CCO)c1ccccc1)c1cccs1. The fraction of sp³-hybridized carbons (Fsp3) is 0.250. The Bertz CT molecular complexity index is 612. The van der Waals surface area contributed by atoms with E-state index >= 15 is 0 Å². The Morgan fingerprint density at radius 3 is 2.68 bits per heavy atom. The number of thiophene rings is 1. The maximum Gasteiger partial charge on any atom is 0.267 e. The zero-order chi connectivity index (χ0) is 15.8. The van der Waals surface area contributed by atoms with Crippen LogP contribution < -0.4 is 4.90 Å². The number of benzene rings is 1. The van der Waals surface area contributed by atoms with Crippen LogP contribution in [0.3, 0.4) is 0 Å². The summed E-state index contributed by atoms with van der Waals surface area (Å²) in [6.07, 6.45) is 0. The van der Waals surface area contributed by atoms with Crippen molar-refractivity contribution in [1.82, 2.24) is 0 Å². The normalized spacial score (nSPS) is 11.3. The number of nitrogens with zero attached hydrogens (tertiary/aromatic N) is 2. The molecular weight excluding hydrogens is 300 g/mol. The molecule has 0 bridgehead atoms. The van der Waals surface area contributed by atoms with Crippen molar-refractivity contribution in [2.75, 3.05) is 24.7 Å². The third-order valence-corrected chi connectivity index (χ3v) is 3.94. The van der Waals surface area contributed by atoms with Crippen LogP contribution in [-0.2, 0) is 9.63 Å². The Morgan fingerprint density at radius 2 is 2.05 bits per heavy atom. The molecule has 0 radical (unpaired) electrons. The molecule has 116 valence electrons. The number of anilines is 1. The summed E-state index contributed by atoms with van der Waals surface area (Å²) >= 11 is 1.56. The number of para-hydroxylation sites is 1. The van der Waals surface area contributed by atoms with Crippen LogP contribution in [0.2, 0.25) is 0 Å². The highest BCUT2D eigenvalue weighted by atomic mass is 32.1. The first-order chi connectivity index (χ1) is 10.7. The first-order valence-electron chi connectivity index (χ1n) is 6.89. The molecule has 22 heavy (non-hydrogen) atoms. The van der Waals surface area contributed by atoms with E-state index in [9.17, 15) is 4.79 Å². The van der Waals surface area contributed by atoms with Crippen LogP contribution in [0.4, 0.5) is 5.69 Å². The molecule has 0 saturated heterocycles. The first kappa shape index (κ1) is 16.2. The summed E-state index contributed by atoms with van der Waals surface area (Å²) in [6, 6.07) is 13.1. The lowest BCUT2D eigenvalue weighted by atomic mass is 10.3. The second-order valence-electron chi connectivity index (χ2n) is 4.53. The van der Waals surface area contributed by atoms with Gasteiger partial charge < -0.3 is 14.8 Å². The smallest absolute Gasteiger partial charge is 0.267 e. The van der Waals surface area contributed by atoms with Crippen LogP contribution >= 0.6 is 11.3 Å². The predicted molar refractivity (Wildman–Crippen MR) is 88.4 cm³/mol. The van der Waals surface area contributed by atoms with E-state index in [2.05, 4.69) is 5.16 Å². The first-order valence-corrected chi connectivity index (χ1v) is 7.77. The van der Waals surface area contributed by atoms with E-state index in [0.717, 1.165) is 16.3 Å². The van der Waals surface area contributed by atoms with Gasteiger partial charge in [-0.1, -0.05) is 29.4 Å². The van der Waals surface area contributed by atoms with Gasteiger partial charge in [0.05, 0.1) is 17.2 Å². The van der Waals surface area contributed by atoms with Crippen LogP contribution in [0.15, 0.2) is 53.0 Å². The number of aliphatic hydroxyl groups excluding tert-OH is 1. The standard InChI is InChI=1S/C16H18N2O3S/c1-13(15-8-5-11-22-15)17-21-12-16(20)18(9-10-19)14-6-3-2-4-7-14/h2-8,11,19H,9-10,12H2,1H3. The maximum absolute atomic E-state index is 12.2. The quantitative estimate of drug-likeness (QED) is 0.630. The zero-order valence-electron chi connectivity index (χ0n) is 12.3. The number of carbonyl (C=O) groups excluding carboxylic acids is 1. The van der Waals surface area contributed by atoms with Gasteiger partial charge in [-0.25, -0.2) is 0 Å². The Labute approximate surface area is 133 Å². The highest BCUT2D eigenvalue weighted by Crippen LogP contribution is 2.13. The number of rotatable bonds is 7. The van der Waals surface area contributed by atoms with Crippen molar-refractivity contribution in [3.63, 3.8) is 0 Å². The van der Waals surface area contributed by atoms with E-state index < -0.39 is 0 Å². The number of hydrogen-bond acceptors (Lipinski definition) is 5. The molecule has 6 heteroatoms. The Kier molecular flexibility index (Phi) is 6.12. The highest BCUT2D eigenvalue weighted by molar-refractivity contribution is 7.12. The Hall–Kier alpha value is -2.18. The van der Waals surface area contributed by atoms with Gasteiger partial charge >= 0.3 is 0 Å². The fourth-order valence-corrected chi connectivity index (χ4v) is 2.57. The van der Waals surface area contributed by atoms with E-state index in [4.69, 9.17) is 9.94 Å². The largest absolute Gasteiger partial charge is 0.395 e. The monoisotopic (exact) mass is 318 g/mol. The minimum Gasteiger partial charge on any atom is -0.395 e. The fourth-order valence-electron chi connectivity index (χ4n) is 1.90. The molecular formula is C16H18N2O3S. The Balaban J connectivity index is 1.96. The predicted octanol–water partition coefficient (Wildman–Crippen LogP) is 2.51. The number of hydrogen-bond donors (Lipinski definition) is 1. The number of carbonyl (C=O) groups is 1. The molecule has 2 aromatic rings. The van der Waals surface area contributed by atoms with Gasteiger partial charge in [-0.05, 0) is 30.5 Å². The number of oxime groups is 1. The number of aliphatic hydroxyl groups is 1. The second kappa shape index (κ2) is 8.31. The van der Waals surface area contributed by atoms with Gasteiger partial charge in [0, 0.05) is 12.2 Å². The molecule has 0 aliphatic heterocycles. The molecule has 1 aromatic heterocycles. The zero-order valence-corrected chi connectivity index (χ0v) is 13.1. The van der Waals surface area contributed by atoms with Crippen molar-refractivity contribution < 1.29 is 14.7 Å². The molecule has 2 rings (SSSR count). The van der Waals surface area contributed by atoms with Crippen LogP contribution in [0.5, 0.6) is 0 Å². The molecule has 5 nitrogen and oxygen atoms in total. The summed E-state index contributed by atoms with van der Waals surface area (Å²) in [5.41, 5.74) is 1.46. The molecule has 1 heterocycles. The van der Waals surface area contributed by atoms with Crippen LogP contribution in [-0.4, -0.2) is 36.5 Å². The van der Waals surface area contributed by atoms with Crippen LogP contribution in [0, 0.1) is 0 Å². The summed E-state index contributed by atoms with van der Waals surface area (Å²) in [5.74, 6) is -0.247. The van der Waals surface area contributed by atoms with Crippen molar-refractivity contribution in [1.29, 1.82) is 0 Å². The minimum atomic E-state index is -0.247. The van der Waals surface area contributed by atoms with E-state index in [1.807, 2.05) is 54.8 Å². The van der Waals surface area contributed by atoms with E-state index in [-0.39, 0.29) is 25.7 Å². The lowest BCUT2D eigenvalue weighted by Gasteiger charge is -2.21. The van der Waals surface area contributed by atoms with E-state index in [1.54, 1.807) is 11.3 Å². The summed E-state index contributed by atoms with van der Waals surface area (Å²) in [5, 5.41) is 15.0. The third kappa shape index (κ3) is 4.41. The summed E-state index contributed by atoms with van der Waals surface area (Å²) in [7, 11) is 0. The van der Waals surface area contributed by atoms with Crippen molar-refractivity contribution in [3.05, 3.63) is 52.7 Å². The van der Waals surface area contributed by atoms with Crippen LogP contribution in [0.1, 0.15) is 11.8 Å². The lowest BCUT2D eigenvalue weighted by molar-refractivity contribution is -0.123. The van der Waals surface area contributed by atoms with Gasteiger partial charge in [0.25, 0.3) is 5.91 Å². The van der Waals surface area contributed by atoms with Gasteiger partial charge in [0.15, 0.2) is 6.61 Å². The van der Waals surface area contributed by atoms with Gasteiger partial charge in [0.2, 0.25) is 0 Å². The summed E-state index contributed by atoms with van der Waals surface area (Å²) in [4.78, 5) is 19.9. The van der Waals surface area contributed by atoms with E-state index in [0.29, 0.717) is 0 Å². The molecule has 0 aliphatic rings. The molecule has 1 amide bonds. The Morgan fingerprint density at radius 1 is 1.27 bits per heavy atom. The van der Waals surface area contributed by atoms with Crippen molar-refractivity contribution in [2.45, 2.75) is 6.92 Å². The van der Waals surface area contributed by atoms with Crippen molar-refractivity contribution >= 4 is 28.6 Å². The second-order valence-corrected chi connectivity index (χ2v) is 5.48. The van der Waals surface area contributed by atoms with Crippen molar-refractivity contribution in [2.24, 2.45) is 5.16 Å². The third-order valence-electron chi connectivity index (χ3n) is 2.96. The maximum atomic E-state index is 12.2.